The highest BCUT2D eigenvalue weighted by molar-refractivity contribution is 6.07. The Balaban J connectivity index is 1.86. The van der Waals surface area contributed by atoms with Crippen LogP contribution in [0, 0.1) is 6.92 Å². The number of benzene rings is 2. The van der Waals surface area contributed by atoms with Gasteiger partial charge in [-0.15, -0.1) is 0 Å². The molecule has 1 heterocycles. The number of methoxy groups -OCH3 is 1. The molecule has 0 saturated heterocycles. The van der Waals surface area contributed by atoms with E-state index in [2.05, 4.69) is 5.32 Å². The lowest BCUT2D eigenvalue weighted by Gasteiger charge is -2.22. The van der Waals surface area contributed by atoms with E-state index in [1.165, 1.54) is 17.7 Å². The van der Waals surface area contributed by atoms with Crippen LogP contribution in [0.3, 0.4) is 0 Å². The molecular weight excluding hydrogens is 380 g/mol. The molecule has 1 N–H and O–H groups in total. The van der Waals surface area contributed by atoms with Crippen LogP contribution >= 0.6 is 0 Å². The lowest BCUT2D eigenvalue weighted by Crippen LogP contribution is -2.33. The minimum Gasteiger partial charge on any atom is -0.495 e. The van der Waals surface area contributed by atoms with E-state index in [9.17, 15) is 14.4 Å². The molecule has 1 amide bonds. The number of nitrogens with zero attached hydrogens (tertiary/aromatic N) is 1. The van der Waals surface area contributed by atoms with Gasteiger partial charge in [0, 0.05) is 23.4 Å². The van der Waals surface area contributed by atoms with E-state index in [-0.39, 0.29) is 11.3 Å². The molecule has 6 nitrogen and oxygen atoms in total. The van der Waals surface area contributed by atoms with Crippen molar-refractivity contribution in [3.8, 4) is 11.4 Å². The van der Waals surface area contributed by atoms with E-state index in [0.717, 1.165) is 5.56 Å². The van der Waals surface area contributed by atoms with Crippen LogP contribution < -0.4 is 15.6 Å². The number of ketones is 1. The zero-order valence-corrected chi connectivity index (χ0v) is 16.9. The second-order valence-electron chi connectivity index (χ2n) is 7.33. The topological polar surface area (TPSA) is 77.4 Å². The predicted molar refractivity (Wildman–Crippen MR) is 115 cm³/mol. The number of hydrogen-bond acceptors (Lipinski definition) is 4. The van der Waals surface area contributed by atoms with Crippen molar-refractivity contribution < 1.29 is 14.3 Å². The van der Waals surface area contributed by atoms with Gasteiger partial charge in [0.15, 0.2) is 5.78 Å². The fourth-order valence-electron chi connectivity index (χ4n) is 3.76. The van der Waals surface area contributed by atoms with Gasteiger partial charge >= 0.3 is 0 Å². The monoisotopic (exact) mass is 402 g/mol. The normalized spacial score (nSPS) is 12.9. The summed E-state index contributed by atoms with van der Waals surface area (Å²) in [5.74, 6) is -0.145. The number of carbonyl (C=O) groups excluding carboxylic acids is 2. The Labute approximate surface area is 174 Å². The summed E-state index contributed by atoms with van der Waals surface area (Å²) in [6.45, 7) is 1.96. The Bertz CT molecular complexity index is 1190. The summed E-state index contributed by atoms with van der Waals surface area (Å²) in [4.78, 5) is 39.0. The third-order valence-corrected chi connectivity index (χ3v) is 5.31. The zero-order valence-electron chi connectivity index (χ0n) is 16.9. The number of carbonyl (C=O) groups is 2. The summed E-state index contributed by atoms with van der Waals surface area (Å²) in [6.07, 6.45) is 1.70. The number of aryl methyl sites for hydroxylation is 1. The number of hydrogen-bond donors (Lipinski definition) is 1. The molecule has 0 bridgehead atoms. The second-order valence-corrected chi connectivity index (χ2v) is 7.33. The van der Waals surface area contributed by atoms with E-state index < -0.39 is 11.5 Å². The quantitative estimate of drug-likeness (QED) is 0.717. The predicted octanol–water partition coefficient (Wildman–Crippen LogP) is 3.93. The molecule has 2 aromatic carbocycles. The number of pyridine rings is 1. The van der Waals surface area contributed by atoms with Crippen LogP contribution in [0.4, 0.5) is 5.69 Å². The molecule has 0 saturated carbocycles. The number of nitrogens with one attached hydrogen (secondary N) is 1. The number of para-hydroxylation sites is 2. The molecule has 0 fully saturated rings. The molecule has 30 heavy (non-hydrogen) atoms. The number of amides is 1. The molecule has 6 heteroatoms. The Morgan fingerprint density at radius 2 is 1.77 bits per heavy atom. The van der Waals surface area contributed by atoms with Crippen molar-refractivity contribution in [2.45, 2.75) is 26.2 Å². The number of Topliss-reactive ketones (excluding diaryl/α,β-unsaturated/α-hetero) is 1. The summed E-state index contributed by atoms with van der Waals surface area (Å²) in [5.41, 5.74) is 2.73. The highest BCUT2D eigenvalue weighted by Crippen LogP contribution is 2.26. The molecule has 0 unspecified atom stereocenters. The number of fused-ring (bicyclic) bond motifs is 1. The van der Waals surface area contributed by atoms with Gasteiger partial charge in [0.2, 0.25) is 0 Å². The Hall–Kier alpha value is -3.67. The highest BCUT2D eigenvalue weighted by atomic mass is 16.5. The van der Waals surface area contributed by atoms with Crippen molar-refractivity contribution in [1.82, 2.24) is 4.57 Å². The first-order chi connectivity index (χ1) is 14.5. The first-order valence-corrected chi connectivity index (χ1v) is 9.83. The number of anilines is 1. The van der Waals surface area contributed by atoms with Crippen LogP contribution in [-0.2, 0) is 6.42 Å². The van der Waals surface area contributed by atoms with Gasteiger partial charge in [0.25, 0.3) is 11.5 Å². The van der Waals surface area contributed by atoms with Gasteiger partial charge < -0.3 is 10.1 Å². The van der Waals surface area contributed by atoms with Gasteiger partial charge in [-0.1, -0.05) is 29.8 Å². The Morgan fingerprint density at radius 3 is 2.50 bits per heavy atom. The van der Waals surface area contributed by atoms with Crippen LogP contribution in [0.15, 0.2) is 59.4 Å². The fourth-order valence-corrected chi connectivity index (χ4v) is 3.76. The molecule has 0 atom stereocenters. The highest BCUT2D eigenvalue weighted by Gasteiger charge is 2.26. The Kier molecular flexibility index (Phi) is 5.23. The maximum Gasteiger partial charge on any atom is 0.268 e. The number of ether oxygens (including phenoxy) is 1. The minimum atomic E-state index is -0.577. The summed E-state index contributed by atoms with van der Waals surface area (Å²) in [5, 5.41) is 2.74. The maximum absolute atomic E-state index is 13.4. The van der Waals surface area contributed by atoms with E-state index in [0.29, 0.717) is 47.6 Å². The van der Waals surface area contributed by atoms with Crippen molar-refractivity contribution in [2.24, 2.45) is 0 Å². The van der Waals surface area contributed by atoms with Crippen LogP contribution in [0.5, 0.6) is 5.75 Å². The lowest BCUT2D eigenvalue weighted by molar-refractivity contribution is 0.0971. The third-order valence-electron chi connectivity index (χ3n) is 5.31. The van der Waals surface area contributed by atoms with Gasteiger partial charge in [-0.25, -0.2) is 0 Å². The van der Waals surface area contributed by atoms with Gasteiger partial charge in [-0.05, 0) is 50.1 Å². The van der Waals surface area contributed by atoms with E-state index in [1.54, 1.807) is 24.3 Å². The first kappa shape index (κ1) is 19.6. The van der Waals surface area contributed by atoms with Crippen molar-refractivity contribution >= 4 is 17.4 Å². The molecule has 3 aromatic rings. The van der Waals surface area contributed by atoms with Gasteiger partial charge in [0.1, 0.15) is 11.3 Å². The number of rotatable bonds is 4. The van der Waals surface area contributed by atoms with Crippen molar-refractivity contribution in [3.05, 3.63) is 87.3 Å². The van der Waals surface area contributed by atoms with Gasteiger partial charge in [0.05, 0.1) is 12.8 Å². The molecule has 1 aromatic heterocycles. The van der Waals surface area contributed by atoms with E-state index in [4.69, 9.17) is 4.74 Å². The van der Waals surface area contributed by atoms with Crippen LogP contribution in [-0.4, -0.2) is 23.4 Å². The van der Waals surface area contributed by atoms with Crippen LogP contribution in [0.1, 0.15) is 44.8 Å². The van der Waals surface area contributed by atoms with Crippen molar-refractivity contribution in [3.63, 3.8) is 0 Å². The van der Waals surface area contributed by atoms with Crippen molar-refractivity contribution in [2.75, 3.05) is 12.4 Å². The molecule has 1 aliphatic carbocycles. The van der Waals surface area contributed by atoms with Gasteiger partial charge in [-0.2, -0.15) is 0 Å². The smallest absolute Gasteiger partial charge is 0.268 e. The summed E-state index contributed by atoms with van der Waals surface area (Å²) in [6, 6.07) is 15.9. The molecule has 152 valence electrons. The molecule has 0 aliphatic heterocycles. The first-order valence-electron chi connectivity index (χ1n) is 9.83. The summed E-state index contributed by atoms with van der Waals surface area (Å²) < 4.78 is 6.77. The standard InChI is InChI=1S/C24H22N2O4/c1-15-10-12-16(13-11-15)26-20-7-5-8-21(27)17(20)14-18(24(26)29)23(28)25-19-6-3-4-9-22(19)30-2/h3-4,6,9-14H,5,7-8H2,1-2H3,(H,25,28). The molecule has 0 radical (unpaired) electrons. The van der Waals surface area contributed by atoms with E-state index in [1.807, 2.05) is 31.2 Å². The largest absolute Gasteiger partial charge is 0.495 e. The minimum absolute atomic E-state index is 0.0524. The summed E-state index contributed by atoms with van der Waals surface area (Å²) in [7, 11) is 1.51. The maximum atomic E-state index is 13.4. The summed E-state index contributed by atoms with van der Waals surface area (Å²) >= 11 is 0. The molecule has 1 aliphatic rings. The van der Waals surface area contributed by atoms with Gasteiger partial charge in [-0.3, -0.25) is 19.0 Å². The average molecular weight is 402 g/mol. The third kappa shape index (κ3) is 3.52. The van der Waals surface area contributed by atoms with Crippen molar-refractivity contribution in [1.29, 1.82) is 0 Å². The molecular formula is C24H22N2O4. The zero-order chi connectivity index (χ0) is 21.3. The lowest BCUT2D eigenvalue weighted by atomic mass is 9.92. The van der Waals surface area contributed by atoms with E-state index >= 15 is 0 Å². The SMILES string of the molecule is COc1ccccc1NC(=O)c1cc2c(n(-c3ccc(C)cc3)c1=O)CCCC2=O. The van der Waals surface area contributed by atoms with Crippen LogP contribution in [0.25, 0.3) is 5.69 Å². The van der Waals surface area contributed by atoms with Crippen LogP contribution in [0.2, 0.25) is 0 Å². The molecule has 0 spiro atoms. The fraction of sp³-hybridized carbons (Fsp3) is 0.208. The molecule has 4 rings (SSSR count). The number of aromatic nitrogens is 1. The Morgan fingerprint density at radius 1 is 1.03 bits per heavy atom. The second kappa shape index (κ2) is 7.99. The average Bonchev–Trinajstić information content (AvgIpc) is 2.75.